The van der Waals surface area contributed by atoms with Crippen molar-refractivity contribution < 1.29 is 4.79 Å². The number of carbonyl (C=O) groups is 1. The van der Waals surface area contributed by atoms with Gasteiger partial charge in [0.25, 0.3) is 0 Å². The van der Waals surface area contributed by atoms with Gasteiger partial charge in [-0.25, -0.2) is 0 Å². The lowest BCUT2D eigenvalue weighted by Gasteiger charge is -2.61. The van der Waals surface area contributed by atoms with Gasteiger partial charge in [-0.15, -0.1) is 0 Å². The van der Waals surface area contributed by atoms with Crippen LogP contribution in [-0.2, 0) is 4.79 Å². The van der Waals surface area contributed by atoms with Crippen molar-refractivity contribution in [2.45, 2.75) is 72.3 Å². The van der Waals surface area contributed by atoms with Crippen LogP contribution in [0.25, 0.3) is 0 Å². The number of fused-ring (bicyclic) bond motifs is 5. The average Bonchev–Trinajstić information content (AvgIpc) is 2.85. The third-order valence-corrected chi connectivity index (χ3v) is 8.75. The molecule has 3 fully saturated rings. The molecule has 1 heterocycles. The maximum absolute atomic E-state index is 11.8. The Hall–Kier alpha value is -0.790. The van der Waals surface area contributed by atoms with Crippen LogP contribution in [0, 0.1) is 40.4 Å². The first-order valence-electron chi connectivity index (χ1n) is 9.90. The van der Waals surface area contributed by atoms with E-state index in [1.54, 1.807) is 6.08 Å². The molecule has 0 saturated heterocycles. The quantitative estimate of drug-likeness (QED) is 0.755. The van der Waals surface area contributed by atoms with Gasteiger partial charge in [0, 0.05) is 11.5 Å². The summed E-state index contributed by atoms with van der Waals surface area (Å²) in [6.07, 6.45) is 12.2. The molecule has 0 radical (unpaired) electrons. The molecule has 2 heteroatoms. The van der Waals surface area contributed by atoms with E-state index in [4.69, 9.17) is 0 Å². The SMILES string of the molecule is CC[C@H]1CC[C@H]2[C@@H]3C(C)CC4NC(=O)C=C[C@]4(C)[C@H]3CC[C@]12C. The first kappa shape index (κ1) is 15.7. The van der Waals surface area contributed by atoms with Crippen LogP contribution in [0.1, 0.15) is 66.2 Å². The van der Waals surface area contributed by atoms with E-state index in [1.165, 1.54) is 32.1 Å². The van der Waals surface area contributed by atoms with Gasteiger partial charge in [-0.3, -0.25) is 4.79 Å². The molecule has 3 saturated carbocycles. The van der Waals surface area contributed by atoms with Gasteiger partial charge in [-0.2, -0.15) is 0 Å². The predicted octanol–water partition coefficient (Wildman–Crippen LogP) is 4.56. The number of rotatable bonds is 1. The van der Waals surface area contributed by atoms with Gasteiger partial charge in [0.05, 0.1) is 0 Å². The minimum absolute atomic E-state index is 0.116. The van der Waals surface area contributed by atoms with Gasteiger partial charge < -0.3 is 5.32 Å². The first-order chi connectivity index (χ1) is 10.9. The molecule has 4 rings (SSSR count). The van der Waals surface area contributed by atoms with Crippen LogP contribution in [0.15, 0.2) is 12.2 Å². The lowest BCUT2D eigenvalue weighted by molar-refractivity contribution is -0.125. The van der Waals surface area contributed by atoms with Crippen LogP contribution in [0.2, 0.25) is 0 Å². The second-order valence-corrected chi connectivity index (χ2v) is 9.49. The Bertz CT molecular complexity index is 540. The lowest BCUT2D eigenvalue weighted by atomic mass is 9.45. The van der Waals surface area contributed by atoms with Crippen molar-refractivity contribution in [2.24, 2.45) is 40.4 Å². The summed E-state index contributed by atoms with van der Waals surface area (Å²) in [6.45, 7) is 9.89. The van der Waals surface area contributed by atoms with Crippen LogP contribution in [0.5, 0.6) is 0 Å². The highest BCUT2D eigenvalue weighted by Crippen LogP contribution is 2.66. The smallest absolute Gasteiger partial charge is 0.243 e. The zero-order chi connectivity index (χ0) is 16.4. The fraction of sp³-hybridized carbons (Fsp3) is 0.857. The summed E-state index contributed by atoms with van der Waals surface area (Å²) in [6, 6.07) is 0.351. The molecule has 4 aliphatic rings. The van der Waals surface area contributed by atoms with Crippen molar-refractivity contribution in [1.29, 1.82) is 0 Å². The van der Waals surface area contributed by atoms with E-state index in [0.29, 0.717) is 11.5 Å². The number of hydrogen-bond donors (Lipinski definition) is 1. The van der Waals surface area contributed by atoms with Gasteiger partial charge in [0.2, 0.25) is 5.91 Å². The van der Waals surface area contributed by atoms with E-state index in [1.807, 2.05) is 0 Å². The zero-order valence-electron chi connectivity index (χ0n) is 15.3. The predicted molar refractivity (Wildman–Crippen MR) is 93.8 cm³/mol. The van der Waals surface area contributed by atoms with Crippen molar-refractivity contribution in [3.05, 3.63) is 12.2 Å². The molecular weight excluding hydrogens is 282 g/mol. The average molecular weight is 316 g/mol. The van der Waals surface area contributed by atoms with Crippen molar-refractivity contribution in [3.63, 3.8) is 0 Å². The van der Waals surface area contributed by atoms with Crippen LogP contribution >= 0.6 is 0 Å². The largest absolute Gasteiger partial charge is 0.349 e. The summed E-state index contributed by atoms with van der Waals surface area (Å²) >= 11 is 0. The van der Waals surface area contributed by atoms with Crippen molar-refractivity contribution in [1.82, 2.24) is 5.32 Å². The van der Waals surface area contributed by atoms with Crippen LogP contribution in [0.4, 0.5) is 0 Å². The monoisotopic (exact) mass is 315 g/mol. The van der Waals surface area contributed by atoms with E-state index in [-0.39, 0.29) is 11.3 Å². The molecule has 8 atom stereocenters. The summed E-state index contributed by atoms with van der Waals surface area (Å²) in [5, 5.41) is 3.29. The maximum atomic E-state index is 11.8. The molecule has 1 N–H and O–H groups in total. The van der Waals surface area contributed by atoms with Gasteiger partial charge in [0.1, 0.15) is 0 Å². The molecule has 0 aromatic rings. The van der Waals surface area contributed by atoms with Crippen molar-refractivity contribution in [3.8, 4) is 0 Å². The van der Waals surface area contributed by atoms with E-state index < -0.39 is 0 Å². The number of nitrogens with one attached hydrogen (secondary N) is 1. The summed E-state index contributed by atoms with van der Waals surface area (Å²) in [7, 11) is 0. The third-order valence-electron chi connectivity index (χ3n) is 8.75. The number of amides is 1. The Morgan fingerprint density at radius 3 is 2.74 bits per heavy atom. The molecule has 0 aromatic heterocycles. The molecule has 3 aliphatic carbocycles. The van der Waals surface area contributed by atoms with E-state index in [2.05, 4.69) is 39.1 Å². The van der Waals surface area contributed by atoms with E-state index in [9.17, 15) is 4.79 Å². The minimum atomic E-state index is 0.116. The van der Waals surface area contributed by atoms with Crippen molar-refractivity contribution in [2.75, 3.05) is 0 Å². The Labute approximate surface area is 141 Å². The second-order valence-electron chi connectivity index (χ2n) is 9.49. The molecular formula is C21H33NO. The first-order valence-corrected chi connectivity index (χ1v) is 9.90. The number of carbonyl (C=O) groups excluding carboxylic acids is 1. The highest BCUT2D eigenvalue weighted by molar-refractivity contribution is 5.89. The molecule has 23 heavy (non-hydrogen) atoms. The molecule has 128 valence electrons. The fourth-order valence-electron chi connectivity index (χ4n) is 7.46. The fourth-order valence-corrected chi connectivity index (χ4v) is 7.46. The Kier molecular flexibility index (Phi) is 3.49. The van der Waals surface area contributed by atoms with Crippen LogP contribution < -0.4 is 5.32 Å². The van der Waals surface area contributed by atoms with E-state index >= 15 is 0 Å². The maximum Gasteiger partial charge on any atom is 0.243 e. The Balaban J connectivity index is 1.71. The molecule has 2 unspecified atom stereocenters. The standard InChI is InChI=1S/C21H33NO/c1-5-14-6-7-15-19-13(2)12-17-21(4,11-9-18(23)22-17)16(19)8-10-20(14,15)3/h9,11,13-17,19H,5-8,10,12H2,1-4H3,(H,22,23)/t13?,14-,15-,16-,17?,19-,20+,21+/m0/s1. The van der Waals surface area contributed by atoms with Crippen LogP contribution in [-0.4, -0.2) is 11.9 Å². The second kappa shape index (κ2) is 5.10. The molecule has 1 aliphatic heterocycles. The topological polar surface area (TPSA) is 29.1 Å². The van der Waals surface area contributed by atoms with Crippen molar-refractivity contribution >= 4 is 5.91 Å². The van der Waals surface area contributed by atoms with Gasteiger partial charge in [0.15, 0.2) is 0 Å². The highest BCUT2D eigenvalue weighted by atomic mass is 16.1. The molecule has 1 amide bonds. The molecule has 0 aromatic carbocycles. The molecule has 0 bridgehead atoms. The lowest BCUT2D eigenvalue weighted by Crippen LogP contribution is -2.61. The molecule has 0 spiro atoms. The third kappa shape index (κ3) is 2.02. The summed E-state index contributed by atoms with van der Waals surface area (Å²) in [5.74, 6) is 4.31. The summed E-state index contributed by atoms with van der Waals surface area (Å²) < 4.78 is 0. The Morgan fingerprint density at radius 2 is 2.00 bits per heavy atom. The van der Waals surface area contributed by atoms with Gasteiger partial charge in [-0.05, 0) is 73.2 Å². The normalized spacial score (nSPS) is 54.9. The zero-order valence-corrected chi connectivity index (χ0v) is 15.3. The minimum Gasteiger partial charge on any atom is -0.349 e. The van der Waals surface area contributed by atoms with Gasteiger partial charge in [-0.1, -0.05) is 40.2 Å². The van der Waals surface area contributed by atoms with E-state index in [0.717, 1.165) is 36.0 Å². The summed E-state index contributed by atoms with van der Waals surface area (Å²) in [4.78, 5) is 11.8. The Morgan fingerprint density at radius 1 is 1.22 bits per heavy atom. The molecule has 2 nitrogen and oxygen atoms in total. The van der Waals surface area contributed by atoms with Crippen LogP contribution in [0.3, 0.4) is 0 Å². The summed E-state index contributed by atoms with van der Waals surface area (Å²) in [5.41, 5.74) is 0.756. The number of hydrogen-bond acceptors (Lipinski definition) is 1. The van der Waals surface area contributed by atoms with Gasteiger partial charge >= 0.3 is 0 Å². The highest BCUT2D eigenvalue weighted by Gasteiger charge is 2.60.